The summed E-state index contributed by atoms with van der Waals surface area (Å²) in [5.74, 6) is 0.535. The Labute approximate surface area is 100 Å². The molecule has 0 atom stereocenters. The molecule has 16 heavy (non-hydrogen) atoms. The first kappa shape index (κ1) is 13.2. The number of nitrogens with two attached hydrogens (primary N) is 1. The fraction of sp³-hybridized carbons (Fsp3) is 0.583. The lowest BCUT2D eigenvalue weighted by molar-refractivity contribution is 0.109. The van der Waals surface area contributed by atoms with Crippen LogP contribution in [0.3, 0.4) is 0 Å². The summed E-state index contributed by atoms with van der Waals surface area (Å²) in [4.78, 5) is 3.99. The topological polar surface area (TPSA) is 48.1 Å². The molecule has 3 nitrogen and oxygen atoms in total. The van der Waals surface area contributed by atoms with Gasteiger partial charge < -0.3 is 10.2 Å². The highest BCUT2D eigenvalue weighted by Crippen LogP contribution is 2.29. The Bertz CT molecular complexity index is 358. The molecule has 0 spiro atoms. The van der Waals surface area contributed by atoms with E-state index in [9.17, 15) is 0 Å². The molecule has 0 aliphatic carbocycles. The third-order valence-electron chi connectivity index (χ3n) is 2.09. The fourth-order valence-electron chi connectivity index (χ4n) is 1.16. The van der Waals surface area contributed by atoms with Gasteiger partial charge in [-0.2, -0.15) is 0 Å². The van der Waals surface area contributed by atoms with Crippen LogP contribution < -0.4 is 5.73 Å². The molecule has 0 unspecified atom stereocenters. The molecule has 1 aromatic heterocycles. The lowest BCUT2D eigenvalue weighted by Crippen LogP contribution is -2.27. The van der Waals surface area contributed by atoms with Gasteiger partial charge in [-0.15, -0.1) is 0 Å². The van der Waals surface area contributed by atoms with E-state index in [1.54, 1.807) is 6.20 Å². The van der Waals surface area contributed by atoms with Crippen molar-refractivity contribution in [2.75, 3.05) is 5.73 Å². The van der Waals surface area contributed by atoms with Gasteiger partial charge in [0.2, 0.25) is 9.76 Å². The van der Waals surface area contributed by atoms with E-state index in [1.165, 1.54) is 0 Å². The summed E-state index contributed by atoms with van der Waals surface area (Å²) < 4.78 is 5.98. The van der Waals surface area contributed by atoms with Crippen LogP contribution >= 0.6 is 0 Å². The molecule has 88 valence electrons. The Balaban J connectivity index is 2.77. The number of rotatable bonds is 3. The first-order valence-electron chi connectivity index (χ1n) is 5.38. The van der Waals surface area contributed by atoms with E-state index in [4.69, 9.17) is 10.2 Å². The van der Waals surface area contributed by atoms with Crippen LogP contribution in [0.15, 0.2) is 18.3 Å². The van der Waals surface area contributed by atoms with Gasteiger partial charge in [0.15, 0.2) is 0 Å². The number of nitrogen functional groups attached to an aromatic ring is 1. The smallest absolute Gasteiger partial charge is 0.236 e. The molecule has 0 amide bonds. The predicted octanol–water partition coefficient (Wildman–Crippen LogP) is 2.75. The molecular weight excluding hydrogens is 216 g/mol. The first-order valence-corrected chi connectivity index (χ1v) is 6.29. The zero-order valence-electron chi connectivity index (χ0n) is 10.7. The second kappa shape index (κ2) is 4.55. The molecule has 0 saturated heterocycles. The van der Waals surface area contributed by atoms with E-state index < -0.39 is 0 Å². The van der Waals surface area contributed by atoms with Crippen molar-refractivity contribution in [2.45, 2.75) is 45.3 Å². The van der Waals surface area contributed by atoms with Gasteiger partial charge in [-0.05, 0) is 36.6 Å². The quantitative estimate of drug-likeness (QED) is 0.821. The van der Waals surface area contributed by atoms with Crippen LogP contribution in [0, 0.1) is 0 Å². The van der Waals surface area contributed by atoms with Crippen molar-refractivity contribution < 1.29 is 4.43 Å². The summed E-state index contributed by atoms with van der Waals surface area (Å²) in [6, 6.07) is 3.82. The monoisotopic (exact) mass is 236 g/mol. The third-order valence-corrected chi connectivity index (χ3v) is 3.31. The van der Waals surface area contributed by atoms with Crippen LogP contribution in [0.25, 0.3) is 0 Å². The van der Waals surface area contributed by atoms with E-state index in [0.717, 1.165) is 5.56 Å². The second-order valence-corrected chi connectivity index (χ2v) is 7.34. The number of pyridine rings is 1. The maximum atomic E-state index is 5.98. The van der Waals surface area contributed by atoms with E-state index in [1.807, 2.05) is 12.1 Å². The Morgan fingerprint density at radius 1 is 1.25 bits per heavy atom. The van der Waals surface area contributed by atoms with Gasteiger partial charge >= 0.3 is 0 Å². The SMILES string of the molecule is CC(C)(C)[Si]OC(C)(C)c1ccnc(N)c1. The number of hydrogen-bond acceptors (Lipinski definition) is 3. The van der Waals surface area contributed by atoms with Crippen molar-refractivity contribution in [3.05, 3.63) is 23.9 Å². The number of hydrogen-bond donors (Lipinski definition) is 1. The van der Waals surface area contributed by atoms with E-state index >= 15 is 0 Å². The molecule has 1 aromatic rings. The van der Waals surface area contributed by atoms with Gasteiger partial charge in [-0.25, -0.2) is 4.98 Å². The van der Waals surface area contributed by atoms with E-state index in [-0.39, 0.29) is 10.6 Å². The van der Waals surface area contributed by atoms with Gasteiger partial charge in [0.05, 0.1) is 5.60 Å². The highest BCUT2D eigenvalue weighted by Gasteiger charge is 2.25. The highest BCUT2D eigenvalue weighted by molar-refractivity contribution is 6.31. The Hall–Kier alpha value is -0.873. The van der Waals surface area contributed by atoms with Crippen LogP contribution in [0.2, 0.25) is 5.04 Å². The summed E-state index contributed by atoms with van der Waals surface area (Å²) in [7, 11) is 0.454. The second-order valence-electron chi connectivity index (χ2n) is 5.43. The lowest BCUT2D eigenvalue weighted by Gasteiger charge is -2.29. The highest BCUT2D eigenvalue weighted by atomic mass is 28.2. The van der Waals surface area contributed by atoms with Crippen LogP contribution in [0.5, 0.6) is 0 Å². The molecule has 0 bridgehead atoms. The Kier molecular flexibility index (Phi) is 3.75. The maximum absolute atomic E-state index is 5.98. The van der Waals surface area contributed by atoms with Gasteiger partial charge in [0, 0.05) is 6.20 Å². The summed E-state index contributed by atoms with van der Waals surface area (Å²) in [6.07, 6.45) is 1.72. The fourth-order valence-corrected chi connectivity index (χ4v) is 1.84. The van der Waals surface area contributed by atoms with Crippen LogP contribution in [0.4, 0.5) is 5.82 Å². The molecule has 0 saturated carbocycles. The summed E-state index contributed by atoms with van der Waals surface area (Å²) in [5.41, 5.74) is 6.42. The molecule has 1 heterocycles. The maximum Gasteiger partial charge on any atom is 0.236 e. The van der Waals surface area contributed by atoms with Gasteiger partial charge in [-0.3, -0.25) is 0 Å². The minimum atomic E-state index is -0.317. The van der Waals surface area contributed by atoms with Gasteiger partial charge in [0.25, 0.3) is 0 Å². The molecule has 0 fully saturated rings. The lowest BCUT2D eigenvalue weighted by atomic mass is 10.00. The number of anilines is 1. The molecule has 2 radical (unpaired) electrons. The zero-order chi connectivity index (χ0) is 12.4. The van der Waals surface area contributed by atoms with Crippen LogP contribution in [-0.4, -0.2) is 14.7 Å². The van der Waals surface area contributed by atoms with E-state index in [2.05, 4.69) is 39.6 Å². The predicted molar refractivity (Wildman–Crippen MR) is 68.2 cm³/mol. The molecule has 0 aliphatic heterocycles. The zero-order valence-corrected chi connectivity index (χ0v) is 11.7. The first-order chi connectivity index (χ1) is 7.21. The van der Waals surface area contributed by atoms with Gasteiger partial charge in [-0.1, -0.05) is 20.8 Å². The number of aromatic nitrogens is 1. The van der Waals surface area contributed by atoms with Crippen molar-refractivity contribution in [3.63, 3.8) is 0 Å². The summed E-state index contributed by atoms with van der Waals surface area (Å²) in [6.45, 7) is 10.6. The Morgan fingerprint density at radius 3 is 2.38 bits per heavy atom. The van der Waals surface area contributed by atoms with Crippen LogP contribution in [-0.2, 0) is 10.0 Å². The molecule has 0 aromatic carbocycles. The third kappa shape index (κ3) is 3.94. The number of nitrogens with zero attached hydrogens (tertiary/aromatic N) is 1. The molecule has 4 heteroatoms. The van der Waals surface area contributed by atoms with Crippen molar-refractivity contribution in [1.29, 1.82) is 0 Å². The summed E-state index contributed by atoms with van der Waals surface area (Å²) in [5, 5.41) is 0.190. The minimum Gasteiger partial charge on any atom is -0.408 e. The summed E-state index contributed by atoms with van der Waals surface area (Å²) >= 11 is 0. The van der Waals surface area contributed by atoms with E-state index in [0.29, 0.717) is 15.6 Å². The molecule has 2 N–H and O–H groups in total. The van der Waals surface area contributed by atoms with Crippen molar-refractivity contribution in [2.24, 2.45) is 0 Å². The standard InChI is InChI=1S/C12H20N2OSi/c1-11(2,3)16-15-12(4,5)9-6-7-14-10(13)8-9/h6-8H,1-5H3,(H2,13,14). The molecular formula is C12H20N2OSi. The van der Waals surface area contributed by atoms with Crippen molar-refractivity contribution >= 4 is 15.6 Å². The van der Waals surface area contributed by atoms with Gasteiger partial charge in [0.1, 0.15) is 5.82 Å². The minimum absolute atomic E-state index is 0.190. The molecule has 0 aliphatic rings. The van der Waals surface area contributed by atoms with Crippen LogP contribution in [0.1, 0.15) is 40.2 Å². The van der Waals surface area contributed by atoms with Crippen molar-refractivity contribution in [1.82, 2.24) is 4.98 Å². The van der Waals surface area contributed by atoms with Crippen molar-refractivity contribution in [3.8, 4) is 0 Å². The normalized spacial score (nSPS) is 12.8. The average Bonchev–Trinajstić information content (AvgIpc) is 2.14. The largest absolute Gasteiger partial charge is 0.408 e. The Morgan fingerprint density at radius 2 is 1.88 bits per heavy atom. The average molecular weight is 236 g/mol. The molecule has 1 rings (SSSR count).